The molecule has 1 heterocycles. The molecule has 0 amide bonds. The van der Waals surface area contributed by atoms with Gasteiger partial charge in [-0.2, -0.15) is 0 Å². The molecule has 1 nitrogen and oxygen atoms in total. The average Bonchev–Trinajstić information content (AvgIpc) is 2.59. The van der Waals surface area contributed by atoms with Crippen LogP contribution in [0.15, 0.2) is 60.7 Å². The summed E-state index contributed by atoms with van der Waals surface area (Å²) in [6.45, 7) is 4.90. The minimum Gasteiger partial charge on any atom is -0.488 e. The summed E-state index contributed by atoms with van der Waals surface area (Å²) in [4.78, 5) is 0. The molecule has 0 aromatic heterocycles. The highest BCUT2D eigenvalue weighted by atomic mass is 16.5. The number of rotatable bonds is 0. The van der Waals surface area contributed by atoms with E-state index >= 15 is 0 Å². The highest BCUT2D eigenvalue weighted by Crippen LogP contribution is 2.42. The molecule has 0 spiro atoms. The maximum Gasteiger partial charge on any atom is 0.128 e. The van der Waals surface area contributed by atoms with Gasteiger partial charge < -0.3 is 4.74 Å². The van der Waals surface area contributed by atoms with Crippen LogP contribution in [-0.4, -0.2) is 0 Å². The van der Waals surface area contributed by atoms with Crippen molar-refractivity contribution < 1.29 is 4.74 Å². The van der Waals surface area contributed by atoms with Gasteiger partial charge in [-0.3, -0.25) is 0 Å². The lowest BCUT2D eigenvalue weighted by atomic mass is 9.90. The van der Waals surface area contributed by atoms with Gasteiger partial charge in [0.1, 0.15) is 12.4 Å². The van der Waals surface area contributed by atoms with Gasteiger partial charge in [0, 0.05) is 11.1 Å². The summed E-state index contributed by atoms with van der Waals surface area (Å²) in [7, 11) is 0. The second-order valence-corrected chi connectivity index (χ2v) is 6.80. The standard InChI is InChI=1S/C23H18O/c1-14-3-5-16-11-21-20-8-6-17-9-15(2)4-7-19(17)22(20)13-24-23(21)12-18(16)10-14/h3-12H,13H2,1-2H3. The van der Waals surface area contributed by atoms with Crippen LogP contribution in [0.5, 0.6) is 5.75 Å². The average molecular weight is 310 g/mol. The summed E-state index contributed by atoms with van der Waals surface area (Å²) in [6, 6.07) is 22.2. The number of ether oxygens (including phenoxy) is 1. The van der Waals surface area contributed by atoms with Crippen molar-refractivity contribution in [1.82, 2.24) is 0 Å². The van der Waals surface area contributed by atoms with Crippen LogP contribution in [0, 0.1) is 13.8 Å². The number of fused-ring (bicyclic) bond motifs is 6. The topological polar surface area (TPSA) is 9.23 Å². The highest BCUT2D eigenvalue weighted by molar-refractivity contribution is 5.97. The van der Waals surface area contributed by atoms with Crippen molar-refractivity contribution in [3.63, 3.8) is 0 Å². The van der Waals surface area contributed by atoms with Gasteiger partial charge in [-0.05, 0) is 53.1 Å². The summed E-state index contributed by atoms with van der Waals surface area (Å²) >= 11 is 0. The van der Waals surface area contributed by atoms with Crippen LogP contribution < -0.4 is 4.74 Å². The third-order valence-corrected chi connectivity index (χ3v) is 5.04. The number of benzene rings is 4. The Morgan fingerprint density at radius 1 is 0.667 bits per heavy atom. The van der Waals surface area contributed by atoms with Gasteiger partial charge in [-0.1, -0.05) is 59.7 Å². The van der Waals surface area contributed by atoms with Crippen molar-refractivity contribution in [1.29, 1.82) is 0 Å². The smallest absolute Gasteiger partial charge is 0.128 e. The Morgan fingerprint density at radius 3 is 2.29 bits per heavy atom. The fourth-order valence-electron chi connectivity index (χ4n) is 3.80. The Balaban J connectivity index is 1.81. The van der Waals surface area contributed by atoms with Crippen LogP contribution in [0.25, 0.3) is 32.7 Å². The van der Waals surface area contributed by atoms with E-state index in [0.29, 0.717) is 6.61 Å². The molecule has 116 valence electrons. The van der Waals surface area contributed by atoms with Gasteiger partial charge in [0.15, 0.2) is 0 Å². The van der Waals surface area contributed by atoms with Crippen molar-refractivity contribution in [2.24, 2.45) is 0 Å². The normalized spacial score (nSPS) is 12.8. The minimum absolute atomic E-state index is 0.639. The molecule has 5 rings (SSSR count). The van der Waals surface area contributed by atoms with Gasteiger partial charge >= 0.3 is 0 Å². The maximum atomic E-state index is 6.14. The van der Waals surface area contributed by atoms with Gasteiger partial charge in [0.05, 0.1) is 0 Å². The van der Waals surface area contributed by atoms with Crippen molar-refractivity contribution in [2.45, 2.75) is 20.5 Å². The lowest BCUT2D eigenvalue weighted by Crippen LogP contribution is -2.06. The van der Waals surface area contributed by atoms with E-state index in [2.05, 4.69) is 74.5 Å². The summed E-state index contributed by atoms with van der Waals surface area (Å²) in [5.74, 6) is 0.993. The molecule has 0 fully saturated rings. The molecule has 4 aromatic rings. The SMILES string of the molecule is Cc1ccc2cc3c(cc2c1)OCc1c-3ccc2cc(C)ccc12. The first-order valence-corrected chi connectivity index (χ1v) is 8.39. The summed E-state index contributed by atoms with van der Waals surface area (Å²) in [5, 5.41) is 5.10. The molecule has 24 heavy (non-hydrogen) atoms. The monoisotopic (exact) mass is 310 g/mol. The van der Waals surface area contributed by atoms with Gasteiger partial charge in [-0.15, -0.1) is 0 Å². The van der Waals surface area contributed by atoms with Crippen molar-refractivity contribution in [2.75, 3.05) is 0 Å². The van der Waals surface area contributed by atoms with Gasteiger partial charge in [0.2, 0.25) is 0 Å². The molecule has 4 aromatic carbocycles. The van der Waals surface area contributed by atoms with E-state index in [0.717, 1.165) is 5.75 Å². The number of hydrogen-bond acceptors (Lipinski definition) is 1. The first-order chi connectivity index (χ1) is 11.7. The molecular formula is C23H18O. The molecule has 1 aliphatic heterocycles. The second-order valence-electron chi connectivity index (χ2n) is 6.80. The Bertz CT molecular complexity index is 1110. The van der Waals surface area contributed by atoms with E-state index in [9.17, 15) is 0 Å². The van der Waals surface area contributed by atoms with Gasteiger partial charge in [0.25, 0.3) is 0 Å². The van der Waals surface area contributed by atoms with E-state index in [1.165, 1.54) is 49.4 Å². The lowest BCUT2D eigenvalue weighted by Gasteiger charge is -2.23. The van der Waals surface area contributed by atoms with Crippen LogP contribution in [0.3, 0.4) is 0 Å². The predicted molar refractivity (Wildman–Crippen MR) is 101 cm³/mol. The van der Waals surface area contributed by atoms with E-state index in [1.54, 1.807) is 0 Å². The quantitative estimate of drug-likeness (QED) is 0.377. The molecule has 0 saturated heterocycles. The highest BCUT2D eigenvalue weighted by Gasteiger charge is 2.20. The van der Waals surface area contributed by atoms with Crippen LogP contribution >= 0.6 is 0 Å². The molecule has 1 aliphatic rings. The van der Waals surface area contributed by atoms with Crippen LogP contribution in [0.4, 0.5) is 0 Å². The van der Waals surface area contributed by atoms with Gasteiger partial charge in [-0.25, -0.2) is 0 Å². The lowest BCUT2D eigenvalue weighted by molar-refractivity contribution is 0.304. The van der Waals surface area contributed by atoms with Crippen LogP contribution in [0.2, 0.25) is 0 Å². The van der Waals surface area contributed by atoms with E-state index in [1.807, 2.05) is 0 Å². The number of aryl methyl sites for hydroxylation is 2. The fraction of sp³-hybridized carbons (Fsp3) is 0.130. The summed E-state index contributed by atoms with van der Waals surface area (Å²) in [5.41, 5.74) is 6.37. The van der Waals surface area contributed by atoms with E-state index < -0.39 is 0 Å². The summed E-state index contributed by atoms with van der Waals surface area (Å²) in [6.07, 6.45) is 0. The molecule has 0 atom stereocenters. The Hall–Kier alpha value is -2.80. The third-order valence-electron chi connectivity index (χ3n) is 5.04. The summed E-state index contributed by atoms with van der Waals surface area (Å²) < 4.78 is 6.14. The molecular weight excluding hydrogens is 292 g/mol. The van der Waals surface area contributed by atoms with Crippen LogP contribution in [0.1, 0.15) is 16.7 Å². The largest absolute Gasteiger partial charge is 0.488 e. The molecule has 0 N–H and O–H groups in total. The zero-order valence-electron chi connectivity index (χ0n) is 13.9. The molecule has 0 radical (unpaired) electrons. The van der Waals surface area contributed by atoms with Crippen molar-refractivity contribution >= 4 is 21.5 Å². The molecule has 0 saturated carbocycles. The maximum absolute atomic E-state index is 6.14. The molecule has 0 bridgehead atoms. The Kier molecular flexibility index (Phi) is 2.75. The minimum atomic E-state index is 0.639. The van der Waals surface area contributed by atoms with E-state index in [4.69, 9.17) is 4.74 Å². The molecule has 1 heteroatoms. The second kappa shape index (κ2) is 4.85. The van der Waals surface area contributed by atoms with Crippen LogP contribution in [-0.2, 0) is 6.61 Å². The predicted octanol–water partition coefficient (Wildman–Crippen LogP) is 6.17. The molecule has 0 unspecified atom stereocenters. The zero-order chi connectivity index (χ0) is 16.3. The zero-order valence-corrected chi connectivity index (χ0v) is 13.9. The first-order valence-electron chi connectivity index (χ1n) is 8.39. The fourth-order valence-corrected chi connectivity index (χ4v) is 3.80. The van der Waals surface area contributed by atoms with Crippen molar-refractivity contribution in [3.8, 4) is 16.9 Å². The third kappa shape index (κ3) is 1.94. The van der Waals surface area contributed by atoms with E-state index in [-0.39, 0.29) is 0 Å². The molecule has 0 aliphatic carbocycles. The van der Waals surface area contributed by atoms with Crippen molar-refractivity contribution in [3.05, 3.63) is 77.4 Å². The first kappa shape index (κ1) is 13.6. The Labute approximate surface area is 141 Å². The number of hydrogen-bond donors (Lipinski definition) is 0. The Morgan fingerprint density at radius 2 is 1.42 bits per heavy atom.